The topological polar surface area (TPSA) is 86.7 Å². The van der Waals surface area contributed by atoms with Gasteiger partial charge in [0.05, 0.1) is 0 Å². The van der Waals surface area contributed by atoms with Crippen molar-refractivity contribution >= 4 is 17.8 Å². The lowest BCUT2D eigenvalue weighted by Crippen LogP contribution is -2.38. The van der Waals surface area contributed by atoms with Crippen LogP contribution >= 0.6 is 0 Å². The third-order valence-corrected chi connectivity index (χ3v) is 3.48. The third kappa shape index (κ3) is 3.81. The molecule has 1 aliphatic heterocycles. The summed E-state index contributed by atoms with van der Waals surface area (Å²) in [7, 11) is 0. The quantitative estimate of drug-likeness (QED) is 0.847. The molecule has 21 heavy (non-hydrogen) atoms. The number of carboxylic acids is 1. The lowest BCUT2D eigenvalue weighted by molar-refractivity contribution is -0.138. The molecule has 0 spiro atoms. The van der Waals surface area contributed by atoms with Gasteiger partial charge in [-0.3, -0.25) is 14.4 Å². The molecule has 1 aliphatic rings. The van der Waals surface area contributed by atoms with Crippen molar-refractivity contribution in [2.75, 3.05) is 6.54 Å². The maximum absolute atomic E-state index is 11.8. The summed E-state index contributed by atoms with van der Waals surface area (Å²) in [5.41, 5.74) is 1.35. The van der Waals surface area contributed by atoms with Crippen molar-refractivity contribution in [2.24, 2.45) is 0 Å². The first kappa shape index (κ1) is 15.0. The number of rotatable bonds is 5. The van der Waals surface area contributed by atoms with Crippen LogP contribution < -0.4 is 5.32 Å². The molecule has 0 saturated carbocycles. The van der Waals surface area contributed by atoms with E-state index in [-0.39, 0.29) is 5.91 Å². The average Bonchev–Trinajstić information content (AvgIpc) is 2.85. The van der Waals surface area contributed by atoms with Crippen molar-refractivity contribution in [3.8, 4) is 0 Å². The van der Waals surface area contributed by atoms with Crippen LogP contribution in [-0.4, -0.2) is 40.4 Å². The Morgan fingerprint density at radius 3 is 2.52 bits per heavy atom. The van der Waals surface area contributed by atoms with Gasteiger partial charge in [-0.1, -0.05) is 12.1 Å². The molecule has 6 heteroatoms. The fourth-order valence-corrected chi connectivity index (χ4v) is 2.19. The van der Waals surface area contributed by atoms with Crippen LogP contribution in [0.15, 0.2) is 24.3 Å². The lowest BCUT2D eigenvalue weighted by Gasteiger charge is -2.15. The van der Waals surface area contributed by atoms with Gasteiger partial charge in [0.1, 0.15) is 6.04 Å². The van der Waals surface area contributed by atoms with Crippen LogP contribution in [0.25, 0.3) is 0 Å². The first-order chi connectivity index (χ1) is 9.97. The maximum Gasteiger partial charge on any atom is 0.325 e. The first-order valence-corrected chi connectivity index (χ1v) is 6.88. The molecule has 0 radical (unpaired) electrons. The van der Waals surface area contributed by atoms with Gasteiger partial charge in [-0.2, -0.15) is 0 Å². The van der Waals surface area contributed by atoms with Crippen LogP contribution in [0.3, 0.4) is 0 Å². The van der Waals surface area contributed by atoms with Gasteiger partial charge in [0.15, 0.2) is 0 Å². The van der Waals surface area contributed by atoms with Gasteiger partial charge in [-0.05, 0) is 31.0 Å². The largest absolute Gasteiger partial charge is 0.480 e. The number of benzene rings is 1. The zero-order valence-corrected chi connectivity index (χ0v) is 11.8. The molecular formula is C15H18N2O4. The Morgan fingerprint density at radius 2 is 2.00 bits per heavy atom. The number of hydrogen-bond acceptors (Lipinski definition) is 3. The van der Waals surface area contributed by atoms with Gasteiger partial charge >= 0.3 is 5.97 Å². The van der Waals surface area contributed by atoms with Gasteiger partial charge in [0.25, 0.3) is 5.91 Å². The first-order valence-electron chi connectivity index (χ1n) is 6.88. The van der Waals surface area contributed by atoms with Crippen molar-refractivity contribution in [3.63, 3.8) is 0 Å². The van der Waals surface area contributed by atoms with Crippen LogP contribution in [0.1, 0.15) is 35.7 Å². The Bertz CT molecular complexity index is 553. The standard InChI is InChI=1S/C15H18N2O4/c1-10(15(20)21)16-14(19)12-6-4-11(5-7-12)9-17-8-2-3-13(17)18/h4-7,10H,2-3,8-9H2,1H3,(H,16,19)(H,20,21)/t10-/m0/s1. The molecule has 0 bridgehead atoms. The Labute approximate surface area is 122 Å². The molecule has 6 nitrogen and oxygen atoms in total. The second-order valence-electron chi connectivity index (χ2n) is 5.15. The summed E-state index contributed by atoms with van der Waals surface area (Å²) >= 11 is 0. The Hall–Kier alpha value is -2.37. The molecule has 2 amide bonds. The zero-order valence-electron chi connectivity index (χ0n) is 11.8. The third-order valence-electron chi connectivity index (χ3n) is 3.48. The summed E-state index contributed by atoms with van der Waals surface area (Å²) in [6.45, 7) is 2.73. The van der Waals surface area contributed by atoms with E-state index >= 15 is 0 Å². The number of nitrogens with zero attached hydrogens (tertiary/aromatic N) is 1. The van der Waals surface area contributed by atoms with E-state index in [9.17, 15) is 14.4 Å². The molecule has 0 aliphatic carbocycles. The van der Waals surface area contributed by atoms with E-state index in [1.807, 2.05) is 0 Å². The minimum atomic E-state index is -1.08. The highest BCUT2D eigenvalue weighted by Gasteiger charge is 2.20. The fraction of sp³-hybridized carbons (Fsp3) is 0.400. The summed E-state index contributed by atoms with van der Waals surface area (Å²) in [6, 6.07) is 5.91. The van der Waals surface area contributed by atoms with Crippen LogP contribution in [0.4, 0.5) is 0 Å². The molecule has 2 N–H and O–H groups in total. The monoisotopic (exact) mass is 290 g/mol. The molecule has 0 aromatic heterocycles. The average molecular weight is 290 g/mol. The Morgan fingerprint density at radius 1 is 1.33 bits per heavy atom. The van der Waals surface area contributed by atoms with Crippen LogP contribution in [0, 0.1) is 0 Å². The van der Waals surface area contributed by atoms with Gasteiger partial charge in [0, 0.05) is 25.1 Å². The van der Waals surface area contributed by atoms with Crippen molar-refractivity contribution in [1.29, 1.82) is 0 Å². The van der Waals surface area contributed by atoms with Gasteiger partial charge in [-0.15, -0.1) is 0 Å². The SMILES string of the molecule is C[C@H](NC(=O)c1ccc(CN2CCCC2=O)cc1)C(=O)O. The molecule has 112 valence electrons. The predicted molar refractivity (Wildman–Crippen MR) is 75.7 cm³/mol. The predicted octanol–water partition coefficient (Wildman–Crippen LogP) is 1.01. The van der Waals surface area contributed by atoms with E-state index in [2.05, 4.69) is 5.32 Å². The highest BCUT2D eigenvalue weighted by atomic mass is 16.4. The number of nitrogens with one attached hydrogen (secondary N) is 1. The van der Waals surface area contributed by atoms with Gasteiger partial charge in [-0.25, -0.2) is 0 Å². The number of aliphatic carboxylic acids is 1. The molecule has 0 unspecified atom stereocenters. The number of hydrogen-bond donors (Lipinski definition) is 2. The van der Waals surface area contributed by atoms with Crippen molar-refractivity contribution < 1.29 is 19.5 Å². The zero-order chi connectivity index (χ0) is 15.4. The molecule has 1 aromatic carbocycles. The summed E-state index contributed by atoms with van der Waals surface area (Å²) in [6.07, 6.45) is 1.50. The number of carbonyl (C=O) groups excluding carboxylic acids is 2. The fourth-order valence-electron chi connectivity index (χ4n) is 2.19. The summed E-state index contributed by atoms with van der Waals surface area (Å²) < 4.78 is 0. The van der Waals surface area contributed by atoms with E-state index < -0.39 is 17.9 Å². The highest BCUT2D eigenvalue weighted by Crippen LogP contribution is 2.14. The molecule has 2 rings (SSSR count). The lowest BCUT2D eigenvalue weighted by atomic mass is 10.1. The second-order valence-corrected chi connectivity index (χ2v) is 5.15. The number of carbonyl (C=O) groups is 3. The van der Waals surface area contributed by atoms with Crippen molar-refractivity contribution in [1.82, 2.24) is 10.2 Å². The molecule has 1 fully saturated rings. The highest BCUT2D eigenvalue weighted by molar-refractivity contribution is 5.96. The van der Waals surface area contributed by atoms with Gasteiger partial charge in [0.2, 0.25) is 5.91 Å². The smallest absolute Gasteiger partial charge is 0.325 e. The van der Waals surface area contributed by atoms with E-state index in [1.54, 1.807) is 29.2 Å². The van der Waals surface area contributed by atoms with Crippen LogP contribution in [0.5, 0.6) is 0 Å². The minimum Gasteiger partial charge on any atom is -0.480 e. The van der Waals surface area contributed by atoms with Crippen LogP contribution in [0.2, 0.25) is 0 Å². The Kier molecular flexibility index (Phi) is 4.57. The number of amides is 2. The second kappa shape index (κ2) is 6.39. The van der Waals surface area contributed by atoms with Gasteiger partial charge < -0.3 is 15.3 Å². The molecular weight excluding hydrogens is 272 g/mol. The van der Waals surface area contributed by atoms with Crippen LogP contribution in [-0.2, 0) is 16.1 Å². The van der Waals surface area contributed by atoms with Crippen molar-refractivity contribution in [3.05, 3.63) is 35.4 Å². The summed E-state index contributed by atoms with van der Waals surface area (Å²) in [5, 5.41) is 11.1. The van der Waals surface area contributed by atoms with Crippen molar-refractivity contribution in [2.45, 2.75) is 32.4 Å². The van der Waals surface area contributed by atoms with E-state index in [0.717, 1.165) is 18.5 Å². The molecule has 1 atom stereocenters. The summed E-state index contributed by atoms with van der Waals surface area (Å²) in [5.74, 6) is -1.34. The maximum atomic E-state index is 11.8. The molecule has 1 saturated heterocycles. The number of likely N-dealkylation sites (tertiary alicyclic amines) is 1. The molecule has 1 heterocycles. The summed E-state index contributed by atoms with van der Waals surface area (Å²) in [4.78, 5) is 35.9. The number of carboxylic acid groups (broad SMARTS) is 1. The Balaban J connectivity index is 1.96. The van der Waals surface area contributed by atoms with E-state index in [0.29, 0.717) is 18.5 Å². The normalized spacial score (nSPS) is 15.9. The molecule has 1 aromatic rings. The van der Waals surface area contributed by atoms with E-state index in [4.69, 9.17) is 5.11 Å². The van der Waals surface area contributed by atoms with E-state index in [1.165, 1.54) is 6.92 Å². The minimum absolute atomic E-state index is 0.159.